The van der Waals surface area contributed by atoms with Crippen molar-refractivity contribution in [3.8, 4) is 11.8 Å². The quantitative estimate of drug-likeness (QED) is 0.424. The third kappa shape index (κ3) is 5.07. The van der Waals surface area contributed by atoms with Gasteiger partial charge in [-0.15, -0.1) is 0 Å². The summed E-state index contributed by atoms with van der Waals surface area (Å²) in [6.07, 6.45) is 4.99. The predicted molar refractivity (Wildman–Crippen MR) is 120 cm³/mol. The number of unbranched alkanes of at least 4 members (excludes halogenated alkanes) is 1. The molecule has 0 aliphatic carbocycles. The molecule has 158 valence electrons. The second-order valence-electron chi connectivity index (χ2n) is 7.44. The highest BCUT2D eigenvalue weighted by molar-refractivity contribution is 5.95. The molecule has 0 aliphatic heterocycles. The first-order valence-electron chi connectivity index (χ1n) is 10.3. The number of hydrogen-bond acceptors (Lipinski definition) is 3. The van der Waals surface area contributed by atoms with E-state index in [0.29, 0.717) is 0 Å². The summed E-state index contributed by atoms with van der Waals surface area (Å²) in [6.45, 7) is 6.19. The van der Waals surface area contributed by atoms with E-state index in [1.165, 1.54) is 30.5 Å². The smallest absolute Gasteiger partial charge is 0.274 e. The standard InChI is InChI=1S/C25H25FN4O/c1-4-5-6-19-7-10-22(11-8-19)30-17(2)13-21(18(30)3)16-28-29-25(31)23-12-9-20(15-27)14-24(23)26/h7-14,16H,4-6H2,1-3H3,(H,29,31)/b28-16-. The number of hydrogen-bond donors (Lipinski definition) is 1. The van der Waals surface area contributed by atoms with Crippen LogP contribution in [0.5, 0.6) is 0 Å². The van der Waals surface area contributed by atoms with Crippen molar-refractivity contribution in [2.45, 2.75) is 40.0 Å². The van der Waals surface area contributed by atoms with Crippen molar-refractivity contribution in [3.63, 3.8) is 0 Å². The van der Waals surface area contributed by atoms with Gasteiger partial charge in [-0.3, -0.25) is 4.79 Å². The Morgan fingerprint density at radius 2 is 1.94 bits per heavy atom. The Bertz CT molecular complexity index is 1150. The first-order chi connectivity index (χ1) is 14.9. The lowest BCUT2D eigenvalue weighted by atomic mass is 10.1. The monoisotopic (exact) mass is 416 g/mol. The van der Waals surface area contributed by atoms with Crippen LogP contribution in [0.2, 0.25) is 0 Å². The van der Waals surface area contributed by atoms with Gasteiger partial charge in [-0.25, -0.2) is 9.82 Å². The van der Waals surface area contributed by atoms with Crippen LogP contribution in [0.1, 0.15) is 58.2 Å². The van der Waals surface area contributed by atoms with Crippen molar-refractivity contribution in [2.24, 2.45) is 5.10 Å². The molecule has 3 aromatic rings. The maximum Gasteiger partial charge on any atom is 0.274 e. The van der Waals surface area contributed by atoms with Crippen LogP contribution in [-0.2, 0) is 6.42 Å². The largest absolute Gasteiger partial charge is 0.318 e. The molecule has 3 rings (SSSR count). The molecule has 0 saturated carbocycles. The van der Waals surface area contributed by atoms with E-state index in [1.54, 1.807) is 6.21 Å². The molecule has 6 heteroatoms. The average molecular weight is 417 g/mol. The third-order valence-corrected chi connectivity index (χ3v) is 5.20. The molecular formula is C25H25FN4O. The molecule has 0 aliphatic rings. The Morgan fingerprint density at radius 3 is 2.58 bits per heavy atom. The van der Waals surface area contributed by atoms with Crippen molar-refractivity contribution in [3.05, 3.63) is 88.0 Å². The number of rotatable bonds is 7. The number of nitriles is 1. The van der Waals surface area contributed by atoms with E-state index >= 15 is 0 Å². The van der Waals surface area contributed by atoms with Gasteiger partial charge in [0.25, 0.3) is 5.91 Å². The molecule has 31 heavy (non-hydrogen) atoms. The van der Waals surface area contributed by atoms with Crippen LogP contribution < -0.4 is 5.43 Å². The fourth-order valence-electron chi connectivity index (χ4n) is 3.50. The summed E-state index contributed by atoms with van der Waals surface area (Å²) in [4.78, 5) is 12.2. The number of nitrogens with one attached hydrogen (secondary N) is 1. The van der Waals surface area contributed by atoms with Crippen LogP contribution in [0.25, 0.3) is 5.69 Å². The number of aryl methyl sites for hydroxylation is 2. The molecule has 2 aromatic carbocycles. The van der Waals surface area contributed by atoms with E-state index in [0.717, 1.165) is 35.1 Å². The van der Waals surface area contributed by atoms with Crippen LogP contribution in [0.15, 0.2) is 53.6 Å². The topological polar surface area (TPSA) is 70.2 Å². The Hall–Kier alpha value is -3.72. The number of carbonyl (C=O) groups is 1. The van der Waals surface area contributed by atoms with Gasteiger partial charge in [0.15, 0.2) is 0 Å². The maximum atomic E-state index is 14.0. The Balaban J connectivity index is 1.74. The SMILES string of the molecule is CCCCc1ccc(-n2c(C)cc(/C=N\NC(=O)c3ccc(C#N)cc3F)c2C)cc1. The first-order valence-corrected chi connectivity index (χ1v) is 10.3. The number of aromatic nitrogens is 1. The number of halogens is 1. The van der Waals surface area contributed by atoms with Crippen molar-refractivity contribution < 1.29 is 9.18 Å². The molecule has 0 bridgehead atoms. The molecule has 0 unspecified atom stereocenters. The second kappa shape index (κ2) is 9.86. The highest BCUT2D eigenvalue weighted by Crippen LogP contribution is 2.21. The van der Waals surface area contributed by atoms with Gasteiger partial charge in [-0.2, -0.15) is 10.4 Å². The minimum Gasteiger partial charge on any atom is -0.318 e. The van der Waals surface area contributed by atoms with Crippen LogP contribution in [0.4, 0.5) is 4.39 Å². The second-order valence-corrected chi connectivity index (χ2v) is 7.44. The molecule has 1 amide bonds. The summed E-state index contributed by atoms with van der Waals surface area (Å²) in [5, 5.41) is 12.8. The zero-order chi connectivity index (χ0) is 22.4. The van der Waals surface area contributed by atoms with E-state index in [2.05, 4.69) is 46.3 Å². The van der Waals surface area contributed by atoms with Gasteiger partial charge in [-0.05, 0) is 68.7 Å². The summed E-state index contributed by atoms with van der Waals surface area (Å²) < 4.78 is 16.1. The van der Waals surface area contributed by atoms with Crippen molar-refractivity contribution in [1.82, 2.24) is 9.99 Å². The molecule has 1 aromatic heterocycles. The van der Waals surface area contributed by atoms with Crippen molar-refractivity contribution >= 4 is 12.1 Å². The van der Waals surface area contributed by atoms with Crippen LogP contribution in [0, 0.1) is 31.0 Å². The van der Waals surface area contributed by atoms with E-state index in [9.17, 15) is 9.18 Å². The lowest BCUT2D eigenvalue weighted by molar-refractivity contribution is 0.0951. The van der Waals surface area contributed by atoms with Crippen molar-refractivity contribution in [2.75, 3.05) is 0 Å². The lowest BCUT2D eigenvalue weighted by Crippen LogP contribution is -2.19. The zero-order valence-electron chi connectivity index (χ0n) is 17.9. The molecule has 0 saturated heterocycles. The molecule has 0 fully saturated rings. The molecule has 5 nitrogen and oxygen atoms in total. The number of nitrogens with zero attached hydrogens (tertiary/aromatic N) is 3. The van der Waals surface area contributed by atoms with E-state index in [1.807, 2.05) is 26.0 Å². The number of carbonyl (C=O) groups excluding carboxylic acids is 1. The van der Waals surface area contributed by atoms with Crippen molar-refractivity contribution in [1.29, 1.82) is 5.26 Å². The van der Waals surface area contributed by atoms with Crippen LogP contribution in [0.3, 0.4) is 0 Å². The van der Waals surface area contributed by atoms with Gasteiger partial charge in [-0.1, -0.05) is 25.5 Å². The molecule has 0 spiro atoms. The summed E-state index contributed by atoms with van der Waals surface area (Å²) >= 11 is 0. The van der Waals surface area contributed by atoms with E-state index in [-0.39, 0.29) is 11.1 Å². The number of benzene rings is 2. The summed E-state index contributed by atoms with van der Waals surface area (Å²) in [7, 11) is 0. The third-order valence-electron chi connectivity index (χ3n) is 5.20. The molecular weight excluding hydrogens is 391 g/mol. The maximum absolute atomic E-state index is 14.0. The minimum absolute atomic E-state index is 0.156. The fraction of sp³-hybridized carbons (Fsp3) is 0.240. The van der Waals surface area contributed by atoms with E-state index in [4.69, 9.17) is 5.26 Å². The van der Waals surface area contributed by atoms with Gasteiger partial charge in [0.05, 0.1) is 23.4 Å². The van der Waals surface area contributed by atoms with Gasteiger partial charge in [0.1, 0.15) is 5.82 Å². The van der Waals surface area contributed by atoms with Gasteiger partial charge >= 0.3 is 0 Å². The summed E-state index contributed by atoms with van der Waals surface area (Å²) in [5.41, 5.74) is 7.62. The van der Waals surface area contributed by atoms with Gasteiger partial charge in [0, 0.05) is 22.6 Å². The highest BCUT2D eigenvalue weighted by atomic mass is 19.1. The zero-order valence-corrected chi connectivity index (χ0v) is 17.9. The molecule has 0 radical (unpaired) electrons. The Kier molecular flexibility index (Phi) is 6.99. The van der Waals surface area contributed by atoms with Gasteiger partial charge in [0.2, 0.25) is 0 Å². The van der Waals surface area contributed by atoms with Gasteiger partial charge < -0.3 is 4.57 Å². The van der Waals surface area contributed by atoms with Crippen LogP contribution >= 0.6 is 0 Å². The normalized spacial score (nSPS) is 10.9. The Labute approximate surface area is 181 Å². The molecule has 1 heterocycles. The lowest BCUT2D eigenvalue weighted by Gasteiger charge is -2.10. The molecule has 0 atom stereocenters. The average Bonchev–Trinajstić information content (AvgIpc) is 3.05. The van der Waals surface area contributed by atoms with E-state index < -0.39 is 11.7 Å². The Morgan fingerprint density at radius 1 is 1.19 bits per heavy atom. The first kappa shape index (κ1) is 22.0. The minimum atomic E-state index is -0.757. The molecule has 1 N–H and O–H groups in total. The number of amides is 1. The van der Waals surface area contributed by atoms with Crippen LogP contribution in [-0.4, -0.2) is 16.7 Å². The summed E-state index contributed by atoms with van der Waals surface area (Å²) in [6, 6.07) is 16.0. The predicted octanol–water partition coefficient (Wildman–Crippen LogP) is 5.21. The fourth-order valence-corrected chi connectivity index (χ4v) is 3.50. The number of hydrazone groups is 1. The highest BCUT2D eigenvalue weighted by Gasteiger charge is 2.12. The summed E-state index contributed by atoms with van der Waals surface area (Å²) in [5.74, 6) is -1.43.